The van der Waals surface area contributed by atoms with Crippen molar-refractivity contribution >= 4 is 23.8 Å². The molecule has 1 atom stereocenters. The molecular weight excluding hydrogens is 300 g/mol. The number of carbonyl (C=O) groups excluding carboxylic acids is 2. The Bertz CT molecular complexity index is 369. The molecule has 0 aromatic carbocycles. The Kier molecular flexibility index (Phi) is 8.07. The largest absolute Gasteiger partial charge is 0.444 e. The Balaban J connectivity index is 2.16. The number of piperidine rings is 1. The second kappa shape index (κ2) is 9.28. The minimum Gasteiger partial charge on any atom is -0.444 e. The molecule has 0 spiro atoms. The fourth-order valence-electron chi connectivity index (χ4n) is 2.54. The van der Waals surface area contributed by atoms with Crippen LogP contribution >= 0.6 is 11.8 Å². The van der Waals surface area contributed by atoms with Gasteiger partial charge in [-0.3, -0.25) is 4.79 Å². The van der Waals surface area contributed by atoms with Crippen LogP contribution in [-0.2, 0) is 9.53 Å². The number of alkyl carbamates (subject to hydrolysis) is 1. The number of amides is 2. The molecule has 22 heavy (non-hydrogen) atoms. The van der Waals surface area contributed by atoms with Gasteiger partial charge in [0.1, 0.15) is 5.60 Å². The molecule has 0 aromatic rings. The van der Waals surface area contributed by atoms with Crippen molar-refractivity contribution in [3.63, 3.8) is 0 Å². The number of thioether (sulfide) groups is 1. The van der Waals surface area contributed by atoms with Crippen LogP contribution in [0.5, 0.6) is 0 Å². The summed E-state index contributed by atoms with van der Waals surface area (Å²) in [5.74, 6) is 1.44. The molecule has 1 unspecified atom stereocenters. The highest BCUT2D eigenvalue weighted by Crippen LogP contribution is 2.20. The van der Waals surface area contributed by atoms with Crippen LogP contribution in [0, 0.1) is 0 Å². The van der Waals surface area contributed by atoms with E-state index < -0.39 is 11.7 Å². The number of rotatable bonds is 6. The van der Waals surface area contributed by atoms with Gasteiger partial charge in [0.2, 0.25) is 5.91 Å². The number of likely N-dealkylation sites (tertiary alicyclic amines) is 1. The Morgan fingerprint density at radius 2 is 2.05 bits per heavy atom. The first kappa shape index (κ1) is 19.1. The van der Waals surface area contributed by atoms with Gasteiger partial charge in [0.15, 0.2) is 0 Å². The summed E-state index contributed by atoms with van der Waals surface area (Å²) >= 11 is 1.57. The quantitative estimate of drug-likeness (QED) is 0.761. The topological polar surface area (TPSA) is 58.6 Å². The molecule has 0 aliphatic carbocycles. The normalized spacial score (nSPS) is 18.9. The van der Waals surface area contributed by atoms with Crippen molar-refractivity contribution in [2.24, 2.45) is 0 Å². The van der Waals surface area contributed by atoms with Crippen LogP contribution < -0.4 is 5.32 Å². The first-order valence-corrected chi connectivity index (χ1v) is 9.33. The van der Waals surface area contributed by atoms with Gasteiger partial charge in [0, 0.05) is 24.9 Å². The molecule has 1 heterocycles. The zero-order valence-corrected chi connectivity index (χ0v) is 15.1. The highest BCUT2D eigenvalue weighted by molar-refractivity contribution is 7.99. The van der Waals surface area contributed by atoms with E-state index in [1.54, 1.807) is 11.8 Å². The van der Waals surface area contributed by atoms with Crippen LogP contribution in [0.2, 0.25) is 0 Å². The van der Waals surface area contributed by atoms with Gasteiger partial charge in [-0.1, -0.05) is 6.92 Å². The van der Waals surface area contributed by atoms with Crippen molar-refractivity contribution in [1.29, 1.82) is 0 Å². The lowest BCUT2D eigenvalue weighted by Gasteiger charge is -2.35. The smallest absolute Gasteiger partial charge is 0.407 e. The summed E-state index contributed by atoms with van der Waals surface area (Å²) in [5, 5.41) is 2.71. The second-order valence-electron chi connectivity index (χ2n) is 6.63. The van der Waals surface area contributed by atoms with Crippen molar-refractivity contribution in [2.75, 3.05) is 24.6 Å². The van der Waals surface area contributed by atoms with Crippen molar-refractivity contribution in [1.82, 2.24) is 10.2 Å². The van der Waals surface area contributed by atoms with Crippen LogP contribution in [0.4, 0.5) is 4.79 Å². The third kappa shape index (κ3) is 7.38. The maximum atomic E-state index is 12.2. The Labute approximate surface area is 138 Å². The maximum absolute atomic E-state index is 12.2. The molecule has 6 heteroatoms. The number of carbonyl (C=O) groups is 2. The highest BCUT2D eigenvalue weighted by Gasteiger charge is 2.24. The predicted octanol–water partition coefficient (Wildman–Crippen LogP) is 3.04. The third-order valence-electron chi connectivity index (χ3n) is 3.56. The van der Waals surface area contributed by atoms with Crippen molar-refractivity contribution in [3.05, 3.63) is 0 Å². The highest BCUT2D eigenvalue weighted by atomic mass is 32.2. The summed E-state index contributed by atoms with van der Waals surface area (Å²) in [7, 11) is 0. The van der Waals surface area contributed by atoms with Gasteiger partial charge < -0.3 is 15.0 Å². The number of ether oxygens (including phenoxy) is 1. The van der Waals surface area contributed by atoms with Crippen molar-refractivity contribution in [2.45, 2.75) is 65.0 Å². The monoisotopic (exact) mass is 330 g/mol. The zero-order valence-electron chi connectivity index (χ0n) is 14.3. The van der Waals surface area contributed by atoms with Gasteiger partial charge in [0.05, 0.1) is 5.75 Å². The summed E-state index contributed by atoms with van der Waals surface area (Å²) in [6.07, 6.45) is 4.12. The molecule has 128 valence electrons. The van der Waals surface area contributed by atoms with Crippen LogP contribution in [0.15, 0.2) is 0 Å². The summed E-state index contributed by atoms with van der Waals surface area (Å²) in [4.78, 5) is 25.8. The van der Waals surface area contributed by atoms with E-state index in [9.17, 15) is 9.59 Å². The lowest BCUT2D eigenvalue weighted by molar-refractivity contribution is -0.132. The number of nitrogens with zero attached hydrogens (tertiary/aromatic N) is 1. The number of nitrogens with one attached hydrogen (secondary N) is 1. The Morgan fingerprint density at radius 3 is 2.68 bits per heavy atom. The third-order valence-corrected chi connectivity index (χ3v) is 4.50. The van der Waals surface area contributed by atoms with Gasteiger partial charge in [-0.05, 0) is 46.5 Å². The van der Waals surface area contributed by atoms with Crippen LogP contribution in [0.1, 0.15) is 53.4 Å². The van der Waals surface area contributed by atoms with Gasteiger partial charge in [-0.25, -0.2) is 4.79 Å². The minimum atomic E-state index is -0.476. The van der Waals surface area contributed by atoms with Gasteiger partial charge >= 0.3 is 6.09 Å². The summed E-state index contributed by atoms with van der Waals surface area (Å²) in [6.45, 7) is 9.07. The van der Waals surface area contributed by atoms with E-state index in [2.05, 4.69) is 12.2 Å². The molecule has 1 fully saturated rings. The average Bonchev–Trinajstić information content (AvgIpc) is 2.44. The van der Waals surface area contributed by atoms with E-state index in [1.165, 1.54) is 6.42 Å². The minimum absolute atomic E-state index is 0.230. The van der Waals surface area contributed by atoms with Crippen LogP contribution in [0.3, 0.4) is 0 Å². The van der Waals surface area contributed by atoms with E-state index in [1.807, 2.05) is 25.7 Å². The van der Waals surface area contributed by atoms with Gasteiger partial charge in [0.25, 0.3) is 0 Å². The molecule has 1 saturated heterocycles. The van der Waals surface area contributed by atoms with Crippen LogP contribution in [0.25, 0.3) is 0 Å². The SMILES string of the molecule is CCC1CCCCN1C(=O)CSCCNC(=O)OC(C)(C)C. The number of hydrogen-bond donors (Lipinski definition) is 1. The first-order valence-electron chi connectivity index (χ1n) is 8.17. The maximum Gasteiger partial charge on any atom is 0.407 e. The summed E-state index contributed by atoms with van der Waals surface area (Å²) in [5.41, 5.74) is -0.476. The van der Waals surface area contributed by atoms with Gasteiger partial charge in [-0.2, -0.15) is 11.8 Å². The summed E-state index contributed by atoms with van der Waals surface area (Å²) < 4.78 is 5.15. The number of hydrogen-bond acceptors (Lipinski definition) is 4. The molecule has 0 saturated carbocycles. The molecule has 2 amide bonds. The standard InChI is InChI=1S/C16H30N2O3S/c1-5-13-8-6-7-10-18(13)14(19)12-22-11-9-17-15(20)21-16(2,3)4/h13H,5-12H2,1-4H3,(H,17,20). The molecule has 5 nitrogen and oxygen atoms in total. The molecule has 0 bridgehead atoms. The lowest BCUT2D eigenvalue weighted by Crippen LogP contribution is -2.44. The predicted molar refractivity (Wildman–Crippen MR) is 91.2 cm³/mol. The Hall–Kier alpha value is -0.910. The zero-order chi connectivity index (χ0) is 16.6. The Morgan fingerprint density at radius 1 is 1.32 bits per heavy atom. The molecule has 1 aliphatic rings. The molecular formula is C16H30N2O3S. The molecule has 0 radical (unpaired) electrons. The molecule has 1 aliphatic heterocycles. The second-order valence-corrected chi connectivity index (χ2v) is 7.73. The van der Waals surface area contributed by atoms with Crippen molar-refractivity contribution in [3.8, 4) is 0 Å². The van der Waals surface area contributed by atoms with E-state index in [0.29, 0.717) is 18.3 Å². The van der Waals surface area contributed by atoms with E-state index in [4.69, 9.17) is 4.74 Å². The van der Waals surface area contributed by atoms with E-state index in [0.717, 1.165) is 31.6 Å². The molecule has 1 N–H and O–H groups in total. The van der Waals surface area contributed by atoms with Crippen LogP contribution in [-0.4, -0.2) is 53.1 Å². The fraction of sp³-hybridized carbons (Fsp3) is 0.875. The fourth-order valence-corrected chi connectivity index (χ4v) is 3.27. The molecule has 0 aromatic heterocycles. The first-order chi connectivity index (χ1) is 10.3. The van der Waals surface area contributed by atoms with E-state index in [-0.39, 0.29) is 5.91 Å². The van der Waals surface area contributed by atoms with E-state index >= 15 is 0 Å². The van der Waals surface area contributed by atoms with Gasteiger partial charge in [-0.15, -0.1) is 0 Å². The summed E-state index contributed by atoms with van der Waals surface area (Å²) in [6, 6.07) is 0.418. The average molecular weight is 330 g/mol. The van der Waals surface area contributed by atoms with Crippen molar-refractivity contribution < 1.29 is 14.3 Å². The lowest BCUT2D eigenvalue weighted by atomic mass is 10.0. The molecule has 1 rings (SSSR count).